The molecule has 0 fully saturated rings. The summed E-state index contributed by atoms with van der Waals surface area (Å²) in [7, 11) is 0. The number of hydrogen-bond donors (Lipinski definition) is 0. The molecule has 0 aliphatic carbocycles. The van der Waals surface area contributed by atoms with Crippen LogP contribution in [0.3, 0.4) is 0 Å². The summed E-state index contributed by atoms with van der Waals surface area (Å²) in [6.07, 6.45) is 0. The van der Waals surface area contributed by atoms with Gasteiger partial charge in [0, 0.05) is 0 Å². The van der Waals surface area contributed by atoms with E-state index in [0.29, 0.717) is 0 Å². The zero-order valence-electron chi connectivity index (χ0n) is 10.7. The Kier molecular flexibility index (Phi) is 5.18. The zero-order valence-corrected chi connectivity index (χ0v) is 10.7. The molecular weight excluding hydrogens is 255 g/mol. The molecule has 0 aromatic heterocycles. The first-order valence-corrected chi connectivity index (χ1v) is 6.48. The molecule has 3 rings (SSSR count). The van der Waals surface area contributed by atoms with E-state index in [1.165, 1.54) is 22.6 Å². The summed E-state index contributed by atoms with van der Waals surface area (Å²) >= 11 is 0. The van der Waals surface area contributed by atoms with Gasteiger partial charge in [-0.3, -0.25) is 0 Å². The Balaban J connectivity index is 0.00000147. The third-order valence-corrected chi connectivity index (χ3v) is 3.19. The Morgan fingerprint density at radius 2 is 0.650 bits per heavy atom. The molecule has 0 nitrogen and oxygen atoms in total. The van der Waals surface area contributed by atoms with Crippen molar-refractivity contribution in [3.8, 4) is 0 Å². The third-order valence-electron chi connectivity index (χ3n) is 3.19. The van der Waals surface area contributed by atoms with Crippen molar-refractivity contribution in [3.63, 3.8) is 0 Å². The maximum Gasteiger partial charge on any atom is 0.187 e. The summed E-state index contributed by atoms with van der Waals surface area (Å²) in [5.41, 5.74) is 3.75. The highest BCUT2D eigenvalue weighted by Gasteiger charge is 2.16. The topological polar surface area (TPSA) is 0 Å². The van der Waals surface area contributed by atoms with Gasteiger partial charge in [0.2, 0.25) is 0 Å². The van der Waals surface area contributed by atoms with E-state index in [9.17, 15) is 0 Å². The highest BCUT2D eigenvalue weighted by molar-refractivity contribution is 5.75. The molecule has 3 aromatic rings. The fourth-order valence-corrected chi connectivity index (χ4v) is 2.31. The Morgan fingerprint density at radius 1 is 0.400 bits per heavy atom. The minimum absolute atomic E-state index is 0. The van der Waals surface area contributed by atoms with Crippen molar-refractivity contribution in [2.45, 2.75) is 0 Å². The molecule has 0 aliphatic rings. The van der Waals surface area contributed by atoms with Crippen molar-refractivity contribution in [2.75, 3.05) is 0 Å². The van der Waals surface area contributed by atoms with Gasteiger partial charge >= 0.3 is 0 Å². The zero-order chi connectivity index (χ0) is 12.9. The van der Waals surface area contributed by atoms with Gasteiger partial charge in [-0.25, -0.2) is 0 Å². The first kappa shape index (κ1) is 14.6. The van der Waals surface area contributed by atoms with Gasteiger partial charge in [0.25, 0.3) is 0 Å². The molecule has 0 N–H and O–H groups in total. The fourth-order valence-electron chi connectivity index (χ4n) is 2.31. The Morgan fingerprint density at radius 3 is 0.900 bits per heavy atom. The quantitative estimate of drug-likeness (QED) is 0.506. The lowest BCUT2D eigenvalue weighted by atomic mass is 9.85. The second-order valence-corrected chi connectivity index (χ2v) is 4.47. The summed E-state index contributed by atoms with van der Waals surface area (Å²) in [6.45, 7) is 0. The Bertz CT molecular complexity index is 524. The molecule has 20 heavy (non-hydrogen) atoms. The molecule has 0 bridgehead atoms. The largest absolute Gasteiger partial charge is 0.187 e. The normalized spacial score (nSPS) is 10.1. The summed E-state index contributed by atoms with van der Waals surface area (Å²) in [5.74, 6) is 1.28. The van der Waals surface area contributed by atoms with Gasteiger partial charge in [0.05, 0.1) is 5.92 Å². The van der Waals surface area contributed by atoms with E-state index >= 15 is 0 Å². The Hall–Kier alpha value is -1.81. The van der Waals surface area contributed by atoms with Crippen LogP contribution in [0.25, 0.3) is 0 Å². The van der Waals surface area contributed by atoms with Crippen LogP contribution in [0.5, 0.6) is 0 Å². The average molecular weight is 273 g/mol. The maximum absolute atomic E-state index is 2.16. The lowest BCUT2D eigenvalue weighted by Crippen LogP contribution is -2.03. The number of rotatable bonds is 3. The fraction of sp³-hybridized carbons (Fsp3) is 0. The van der Waals surface area contributed by atoms with Crippen LogP contribution >= 0.6 is 0 Å². The molecule has 1 heteroatoms. The SMILES string of the molecule is [AlH3].c1ccc([C](c2ccccc2)c2ccccc2)cc1. The van der Waals surface area contributed by atoms with E-state index in [-0.39, 0.29) is 17.4 Å². The molecule has 0 spiro atoms. The van der Waals surface area contributed by atoms with E-state index in [0.717, 1.165) is 0 Å². The molecule has 3 aromatic carbocycles. The second kappa shape index (κ2) is 7.10. The first-order chi connectivity index (χ1) is 9.45. The van der Waals surface area contributed by atoms with Crippen LogP contribution in [0, 0.1) is 5.92 Å². The molecule has 0 atom stereocenters. The monoisotopic (exact) mass is 273 g/mol. The molecule has 0 amide bonds. The van der Waals surface area contributed by atoms with Gasteiger partial charge in [-0.1, -0.05) is 91.0 Å². The van der Waals surface area contributed by atoms with Gasteiger partial charge in [-0.2, -0.15) is 0 Å². The van der Waals surface area contributed by atoms with Crippen LogP contribution in [0.1, 0.15) is 16.7 Å². The standard InChI is InChI=1S/C19H15.Al.3H/c1-4-10-16(11-5-1)19(17-12-6-2-7-13-17)18-14-8-3-9-15-18;;;;/h1-15H;;;;. The highest BCUT2D eigenvalue weighted by atomic mass is 27.0. The average Bonchev–Trinajstić information content (AvgIpc) is 2.51. The van der Waals surface area contributed by atoms with Crippen LogP contribution in [-0.4, -0.2) is 17.4 Å². The summed E-state index contributed by atoms with van der Waals surface area (Å²) < 4.78 is 0. The van der Waals surface area contributed by atoms with E-state index < -0.39 is 0 Å². The molecule has 0 unspecified atom stereocenters. The van der Waals surface area contributed by atoms with Crippen LogP contribution in [0.4, 0.5) is 0 Å². The van der Waals surface area contributed by atoms with Gasteiger partial charge < -0.3 is 0 Å². The molecule has 0 heterocycles. The molecule has 97 valence electrons. The van der Waals surface area contributed by atoms with E-state index in [1.54, 1.807) is 0 Å². The molecule has 0 saturated carbocycles. The molecular formula is C19H18Al. The van der Waals surface area contributed by atoms with E-state index in [4.69, 9.17) is 0 Å². The van der Waals surface area contributed by atoms with Crippen molar-refractivity contribution < 1.29 is 0 Å². The number of benzene rings is 3. The predicted molar refractivity (Wildman–Crippen MR) is 89.8 cm³/mol. The van der Waals surface area contributed by atoms with Gasteiger partial charge in [0.1, 0.15) is 0 Å². The van der Waals surface area contributed by atoms with Crippen LogP contribution in [-0.2, 0) is 0 Å². The van der Waals surface area contributed by atoms with Gasteiger partial charge in [-0.05, 0) is 16.7 Å². The third kappa shape index (κ3) is 3.20. The van der Waals surface area contributed by atoms with E-state index in [2.05, 4.69) is 91.0 Å². The lowest BCUT2D eigenvalue weighted by Gasteiger charge is -2.17. The van der Waals surface area contributed by atoms with Crippen molar-refractivity contribution in [2.24, 2.45) is 0 Å². The summed E-state index contributed by atoms with van der Waals surface area (Å²) in [4.78, 5) is 0. The van der Waals surface area contributed by atoms with Crippen molar-refractivity contribution in [1.82, 2.24) is 0 Å². The number of hydrogen-bond acceptors (Lipinski definition) is 0. The second-order valence-electron chi connectivity index (χ2n) is 4.47. The van der Waals surface area contributed by atoms with Crippen molar-refractivity contribution >= 4 is 17.4 Å². The van der Waals surface area contributed by atoms with E-state index in [1.807, 2.05) is 0 Å². The molecule has 1 radical (unpaired) electrons. The highest BCUT2D eigenvalue weighted by Crippen LogP contribution is 2.30. The summed E-state index contributed by atoms with van der Waals surface area (Å²) in [6, 6.07) is 31.6. The predicted octanol–water partition coefficient (Wildman–Crippen LogP) is 3.52. The van der Waals surface area contributed by atoms with Crippen LogP contribution in [0.15, 0.2) is 91.0 Å². The first-order valence-electron chi connectivity index (χ1n) is 6.48. The van der Waals surface area contributed by atoms with Crippen LogP contribution in [0.2, 0.25) is 0 Å². The minimum Gasteiger partial charge on any atom is -0.0622 e. The smallest absolute Gasteiger partial charge is 0.0622 e. The maximum atomic E-state index is 2.16. The van der Waals surface area contributed by atoms with Gasteiger partial charge in [-0.15, -0.1) is 0 Å². The lowest BCUT2D eigenvalue weighted by molar-refractivity contribution is 1.23. The van der Waals surface area contributed by atoms with Crippen molar-refractivity contribution in [1.29, 1.82) is 0 Å². The molecule has 0 aliphatic heterocycles. The molecule has 0 saturated heterocycles. The minimum atomic E-state index is 0. The van der Waals surface area contributed by atoms with Gasteiger partial charge in [0.15, 0.2) is 17.4 Å². The summed E-state index contributed by atoms with van der Waals surface area (Å²) in [5, 5.41) is 0. The van der Waals surface area contributed by atoms with Crippen molar-refractivity contribution in [3.05, 3.63) is 114 Å². The Labute approximate surface area is 131 Å². The van der Waals surface area contributed by atoms with Crippen LogP contribution < -0.4 is 0 Å².